The number of imidazole rings is 1. The van der Waals surface area contributed by atoms with Gasteiger partial charge in [0.15, 0.2) is 0 Å². The van der Waals surface area contributed by atoms with Gasteiger partial charge in [-0.1, -0.05) is 29.8 Å². The predicted octanol–water partition coefficient (Wildman–Crippen LogP) is 6.04. The lowest BCUT2D eigenvalue weighted by atomic mass is 10.1. The second kappa shape index (κ2) is 8.25. The number of aryl methyl sites for hydroxylation is 2. The van der Waals surface area contributed by atoms with E-state index in [9.17, 15) is 4.79 Å². The summed E-state index contributed by atoms with van der Waals surface area (Å²) in [6.45, 7) is 1.31. The lowest BCUT2D eigenvalue weighted by molar-refractivity contribution is -0.144. The van der Waals surface area contributed by atoms with Gasteiger partial charge < -0.3 is 9.30 Å². The largest absolute Gasteiger partial charge is 0.461 e. The number of aromatic nitrogens is 2. The molecule has 0 saturated carbocycles. The molecule has 0 fully saturated rings. The van der Waals surface area contributed by atoms with E-state index in [1.54, 1.807) is 11.3 Å². The number of nitrogens with zero attached hydrogens (tertiary/aromatic N) is 2. The predicted molar refractivity (Wildman–Crippen MR) is 121 cm³/mol. The Bertz CT molecular complexity index is 1210. The smallest absolute Gasteiger partial charge is 0.311 e. The molecule has 0 saturated heterocycles. The quantitative estimate of drug-likeness (QED) is 0.358. The molecular weight excluding hydrogens is 416 g/mol. The third-order valence-corrected chi connectivity index (χ3v) is 6.66. The zero-order valence-electron chi connectivity index (χ0n) is 16.4. The van der Waals surface area contributed by atoms with E-state index in [-0.39, 0.29) is 19.0 Å². The molecule has 0 unspecified atom stereocenters. The third kappa shape index (κ3) is 4.00. The molecule has 6 heteroatoms. The Hall–Kier alpha value is -2.63. The van der Waals surface area contributed by atoms with Gasteiger partial charge in [-0.2, -0.15) is 0 Å². The van der Waals surface area contributed by atoms with Crippen LogP contribution < -0.4 is 0 Å². The molecule has 1 aliphatic heterocycles. The van der Waals surface area contributed by atoms with Gasteiger partial charge in [-0.3, -0.25) is 4.79 Å². The summed E-state index contributed by atoms with van der Waals surface area (Å²) in [5.41, 5.74) is 5.32. The Labute approximate surface area is 184 Å². The highest BCUT2D eigenvalue weighted by atomic mass is 35.5. The minimum absolute atomic E-state index is 0.219. The van der Waals surface area contributed by atoms with Crippen LogP contribution in [0, 0.1) is 0 Å². The molecule has 0 amide bonds. The molecule has 2 aromatic heterocycles. The summed E-state index contributed by atoms with van der Waals surface area (Å²) in [4.78, 5) is 18.1. The van der Waals surface area contributed by atoms with Crippen molar-refractivity contribution < 1.29 is 9.53 Å². The van der Waals surface area contributed by atoms with Crippen LogP contribution in [0.1, 0.15) is 29.1 Å². The molecule has 0 N–H and O–H groups in total. The van der Waals surface area contributed by atoms with E-state index in [0.717, 1.165) is 40.0 Å². The van der Waals surface area contributed by atoms with Crippen molar-refractivity contribution in [1.82, 2.24) is 9.55 Å². The minimum atomic E-state index is -0.219. The Morgan fingerprint density at radius 1 is 1.10 bits per heavy atom. The van der Waals surface area contributed by atoms with E-state index in [4.69, 9.17) is 21.3 Å². The van der Waals surface area contributed by atoms with Crippen LogP contribution >= 0.6 is 22.9 Å². The second-order valence-electron chi connectivity index (χ2n) is 7.61. The van der Waals surface area contributed by atoms with Crippen LogP contribution in [-0.2, 0) is 35.5 Å². The maximum absolute atomic E-state index is 12.3. The number of thiophene rings is 1. The fraction of sp³-hybridized carbons (Fsp3) is 0.250. The van der Waals surface area contributed by atoms with Gasteiger partial charge in [0.05, 0.1) is 17.5 Å². The maximum atomic E-state index is 12.3. The van der Waals surface area contributed by atoms with Crippen LogP contribution in [0.5, 0.6) is 0 Å². The number of ether oxygens (including phenoxy) is 1. The molecular formula is C24H21ClN2O2S. The van der Waals surface area contributed by atoms with Gasteiger partial charge in [0, 0.05) is 22.9 Å². The van der Waals surface area contributed by atoms with E-state index in [1.807, 2.05) is 42.5 Å². The Morgan fingerprint density at radius 2 is 1.97 bits per heavy atom. The van der Waals surface area contributed by atoms with E-state index < -0.39 is 0 Å². The van der Waals surface area contributed by atoms with Crippen molar-refractivity contribution in [3.63, 3.8) is 0 Å². The number of halogens is 1. The monoisotopic (exact) mass is 436 g/mol. The molecule has 4 nitrogen and oxygen atoms in total. The molecule has 2 aromatic carbocycles. The van der Waals surface area contributed by atoms with Crippen LogP contribution in [0.15, 0.2) is 53.9 Å². The highest BCUT2D eigenvalue weighted by molar-refractivity contribution is 7.10. The van der Waals surface area contributed by atoms with Crippen molar-refractivity contribution in [3.8, 4) is 11.1 Å². The first-order valence-corrected chi connectivity index (χ1v) is 11.4. The molecule has 152 valence electrons. The van der Waals surface area contributed by atoms with Crippen LogP contribution in [0.2, 0.25) is 5.02 Å². The van der Waals surface area contributed by atoms with E-state index in [2.05, 4.69) is 16.0 Å². The first kappa shape index (κ1) is 19.3. The van der Waals surface area contributed by atoms with Crippen LogP contribution in [-0.4, -0.2) is 15.5 Å². The van der Waals surface area contributed by atoms with E-state index >= 15 is 0 Å². The fourth-order valence-corrected chi connectivity index (χ4v) is 4.94. The molecule has 0 aliphatic carbocycles. The first-order valence-electron chi connectivity index (χ1n) is 10.1. The fourth-order valence-electron chi connectivity index (χ4n) is 3.93. The van der Waals surface area contributed by atoms with Gasteiger partial charge in [-0.25, -0.2) is 4.98 Å². The Balaban J connectivity index is 1.22. The maximum Gasteiger partial charge on any atom is 0.311 e. The lowest BCUT2D eigenvalue weighted by Gasteiger charge is -2.13. The van der Waals surface area contributed by atoms with Gasteiger partial charge in [0.2, 0.25) is 0 Å². The van der Waals surface area contributed by atoms with Gasteiger partial charge >= 0.3 is 5.97 Å². The molecule has 0 atom stereocenters. The number of hydrogen-bond donors (Lipinski definition) is 0. The number of rotatable bonds is 5. The summed E-state index contributed by atoms with van der Waals surface area (Å²) < 4.78 is 7.84. The number of benzene rings is 2. The molecule has 5 rings (SSSR count). The minimum Gasteiger partial charge on any atom is -0.461 e. The van der Waals surface area contributed by atoms with Crippen LogP contribution in [0.4, 0.5) is 0 Å². The highest BCUT2D eigenvalue weighted by Crippen LogP contribution is 2.27. The number of carbonyl (C=O) groups is 1. The summed E-state index contributed by atoms with van der Waals surface area (Å²) >= 11 is 7.52. The Kier molecular flexibility index (Phi) is 5.32. The number of esters is 1. The second-order valence-corrected chi connectivity index (χ2v) is 9.04. The summed E-state index contributed by atoms with van der Waals surface area (Å²) in [7, 11) is 0. The number of hydrogen-bond acceptors (Lipinski definition) is 4. The van der Waals surface area contributed by atoms with Gasteiger partial charge in [0.25, 0.3) is 0 Å². The molecule has 30 heavy (non-hydrogen) atoms. The van der Waals surface area contributed by atoms with Crippen LogP contribution in [0.3, 0.4) is 0 Å². The average molecular weight is 437 g/mol. The number of carbonyl (C=O) groups excluding carboxylic acids is 1. The summed E-state index contributed by atoms with van der Waals surface area (Å²) in [5.74, 6) is 0.948. The van der Waals surface area contributed by atoms with E-state index in [0.29, 0.717) is 5.02 Å². The molecule has 0 bridgehead atoms. The number of fused-ring (bicyclic) bond motifs is 3. The summed E-state index contributed by atoms with van der Waals surface area (Å²) in [5, 5.41) is 2.77. The first-order chi connectivity index (χ1) is 14.7. The summed E-state index contributed by atoms with van der Waals surface area (Å²) in [6.07, 6.45) is 3.73. The Morgan fingerprint density at radius 3 is 2.83 bits per heavy atom. The van der Waals surface area contributed by atoms with Gasteiger partial charge in [-0.05, 0) is 65.2 Å². The molecule has 3 heterocycles. The van der Waals surface area contributed by atoms with Crippen molar-refractivity contribution in [2.75, 3.05) is 0 Å². The third-order valence-electron chi connectivity index (χ3n) is 5.47. The van der Waals surface area contributed by atoms with Crippen molar-refractivity contribution in [2.45, 2.75) is 38.8 Å². The van der Waals surface area contributed by atoms with Crippen molar-refractivity contribution in [2.24, 2.45) is 0 Å². The zero-order chi connectivity index (χ0) is 20.5. The topological polar surface area (TPSA) is 44.1 Å². The standard InChI is InChI=1S/C24H21ClN2O2S/c25-19-7-5-17(6-8-19)18-12-20(30-15-18)13-24(28)29-14-16-4-9-22-21(11-16)26-23-3-1-2-10-27(22)23/h4-9,11-12,15H,1-3,10,13-14H2. The van der Waals surface area contributed by atoms with E-state index in [1.165, 1.54) is 24.2 Å². The summed E-state index contributed by atoms with van der Waals surface area (Å²) in [6, 6.07) is 15.9. The van der Waals surface area contributed by atoms with Crippen molar-refractivity contribution >= 4 is 39.9 Å². The average Bonchev–Trinajstić information content (AvgIpc) is 3.37. The SMILES string of the molecule is O=C(Cc1cc(-c2ccc(Cl)cc2)cs1)OCc1ccc2c(c1)nc1n2CCCC1. The normalized spacial score (nSPS) is 13.4. The van der Waals surface area contributed by atoms with Crippen LogP contribution in [0.25, 0.3) is 22.2 Å². The zero-order valence-corrected chi connectivity index (χ0v) is 18.0. The highest BCUT2D eigenvalue weighted by Gasteiger charge is 2.15. The van der Waals surface area contributed by atoms with Gasteiger partial charge in [-0.15, -0.1) is 11.3 Å². The molecule has 0 radical (unpaired) electrons. The van der Waals surface area contributed by atoms with Crippen molar-refractivity contribution in [1.29, 1.82) is 0 Å². The van der Waals surface area contributed by atoms with Gasteiger partial charge in [0.1, 0.15) is 12.4 Å². The lowest BCUT2D eigenvalue weighted by Crippen LogP contribution is -2.09. The molecule has 1 aliphatic rings. The van der Waals surface area contributed by atoms with Crippen molar-refractivity contribution in [3.05, 3.63) is 75.2 Å². The molecule has 0 spiro atoms. The molecule has 4 aromatic rings.